The monoisotopic (exact) mass is 439 g/mol. The molecule has 27 heavy (non-hydrogen) atoms. The second-order valence-electron chi connectivity index (χ2n) is 5.49. The summed E-state index contributed by atoms with van der Waals surface area (Å²) in [6.45, 7) is 4.05. The number of hydrogen-bond donors (Lipinski definition) is 6. The van der Waals surface area contributed by atoms with Crippen LogP contribution in [0.4, 0.5) is 5.95 Å². The molecule has 1 saturated carbocycles. The number of rotatable bonds is 8. The number of aromatic nitrogens is 4. The third-order valence-electron chi connectivity index (χ3n) is 3.92. The van der Waals surface area contributed by atoms with Crippen molar-refractivity contribution in [3.63, 3.8) is 0 Å². The highest BCUT2D eigenvalue weighted by atomic mass is 31.3. The number of imidazole rings is 1. The maximum atomic E-state index is 11.8. The zero-order valence-corrected chi connectivity index (χ0v) is 16.2. The summed E-state index contributed by atoms with van der Waals surface area (Å²) in [5.74, 6) is -0.120. The van der Waals surface area contributed by atoms with E-state index in [2.05, 4.69) is 30.2 Å². The predicted octanol–water partition coefficient (Wildman–Crippen LogP) is 0.519. The quantitative estimate of drug-likeness (QED) is 0.248. The molecule has 1 aliphatic rings. The van der Waals surface area contributed by atoms with Gasteiger partial charge in [-0.05, 0) is 12.0 Å². The van der Waals surface area contributed by atoms with Gasteiger partial charge in [0.05, 0.1) is 19.0 Å². The molecule has 1 aliphatic carbocycles. The van der Waals surface area contributed by atoms with Crippen molar-refractivity contribution >= 4 is 42.9 Å². The SMILES string of the molecule is C=C1C(COP(O)OP(O)OP(O)O)CC1n1cnc2c(=O)[nH]c(N)nc21. The number of anilines is 1. The largest absolute Gasteiger partial charge is 0.369 e. The van der Waals surface area contributed by atoms with Gasteiger partial charge in [0.15, 0.2) is 11.2 Å². The number of nitrogens with zero attached hydrogens (tertiary/aromatic N) is 3. The lowest BCUT2D eigenvalue weighted by atomic mass is 9.76. The Bertz CT molecular complexity index is 890. The zero-order valence-electron chi connectivity index (χ0n) is 13.5. The first-order chi connectivity index (χ1) is 12.8. The molecule has 1 fully saturated rings. The molecule has 0 radical (unpaired) electrons. The van der Waals surface area contributed by atoms with Crippen molar-refractivity contribution < 1.29 is 32.7 Å². The molecule has 16 heteroatoms. The number of fused-ring (bicyclic) bond motifs is 1. The molecule has 4 atom stereocenters. The van der Waals surface area contributed by atoms with Crippen molar-refractivity contribution in [2.75, 3.05) is 12.3 Å². The maximum absolute atomic E-state index is 11.8. The van der Waals surface area contributed by atoms with Gasteiger partial charge in [-0.1, -0.05) is 6.58 Å². The number of aromatic amines is 1. The highest BCUT2D eigenvalue weighted by Crippen LogP contribution is 2.56. The van der Waals surface area contributed by atoms with Crippen molar-refractivity contribution in [3.8, 4) is 0 Å². The van der Waals surface area contributed by atoms with E-state index in [1.54, 1.807) is 4.57 Å². The maximum Gasteiger partial charge on any atom is 0.344 e. The average molecular weight is 439 g/mol. The molecule has 0 aromatic carbocycles. The van der Waals surface area contributed by atoms with E-state index in [1.165, 1.54) is 6.33 Å². The highest BCUT2D eigenvalue weighted by molar-refractivity contribution is 7.60. The smallest absolute Gasteiger partial charge is 0.344 e. The first-order valence-electron chi connectivity index (χ1n) is 7.32. The van der Waals surface area contributed by atoms with Crippen LogP contribution in [0.25, 0.3) is 11.2 Å². The van der Waals surface area contributed by atoms with Crippen LogP contribution in [0, 0.1) is 5.92 Å². The molecule has 2 aromatic rings. The number of H-pyrrole nitrogens is 1. The lowest BCUT2D eigenvalue weighted by Crippen LogP contribution is -2.32. The molecule has 2 heterocycles. The van der Waals surface area contributed by atoms with Crippen molar-refractivity contribution in [1.29, 1.82) is 0 Å². The van der Waals surface area contributed by atoms with E-state index in [0.717, 1.165) is 5.57 Å². The van der Waals surface area contributed by atoms with Gasteiger partial charge in [-0.25, -0.2) is 13.6 Å². The van der Waals surface area contributed by atoms with Crippen molar-refractivity contribution in [1.82, 2.24) is 19.5 Å². The molecular weight excluding hydrogens is 423 g/mol. The Labute approximate surface area is 155 Å². The second-order valence-corrected chi connectivity index (χ2v) is 8.51. The Hall–Kier alpha value is -1.10. The minimum Gasteiger partial charge on any atom is -0.369 e. The molecule has 0 bridgehead atoms. The summed E-state index contributed by atoms with van der Waals surface area (Å²) in [5.41, 5.74) is 6.44. The number of nitrogen functional groups attached to an aromatic ring is 1. The van der Waals surface area contributed by atoms with E-state index in [4.69, 9.17) is 20.0 Å². The number of hydrogen-bond acceptors (Lipinski definition) is 11. The molecule has 3 rings (SSSR count). The molecule has 0 aliphatic heterocycles. The lowest BCUT2D eigenvalue weighted by Gasteiger charge is -2.39. The number of nitrogens with one attached hydrogen (secondary N) is 1. The summed E-state index contributed by atoms with van der Waals surface area (Å²) in [5, 5.41) is 0. The Morgan fingerprint density at radius 3 is 2.74 bits per heavy atom. The molecule has 13 nitrogen and oxygen atoms in total. The Morgan fingerprint density at radius 1 is 1.33 bits per heavy atom. The normalized spacial score (nSPS) is 22.2. The summed E-state index contributed by atoms with van der Waals surface area (Å²) >= 11 is 0. The fourth-order valence-corrected chi connectivity index (χ4v) is 4.50. The van der Waals surface area contributed by atoms with Gasteiger partial charge in [-0.3, -0.25) is 9.78 Å². The van der Waals surface area contributed by atoms with Gasteiger partial charge in [0.2, 0.25) is 5.95 Å². The topological polar surface area (TPSA) is 198 Å². The van der Waals surface area contributed by atoms with Gasteiger partial charge in [0.25, 0.3) is 5.56 Å². The van der Waals surface area contributed by atoms with Gasteiger partial charge in [0.1, 0.15) is 0 Å². The van der Waals surface area contributed by atoms with E-state index in [-0.39, 0.29) is 30.0 Å². The van der Waals surface area contributed by atoms with Crippen LogP contribution in [0.5, 0.6) is 0 Å². The van der Waals surface area contributed by atoms with Crippen LogP contribution in [-0.4, -0.2) is 45.7 Å². The van der Waals surface area contributed by atoms with Crippen LogP contribution >= 0.6 is 25.8 Å². The molecular formula is C11H16N5O8P3. The third-order valence-corrected chi connectivity index (χ3v) is 6.55. The molecule has 7 N–H and O–H groups in total. The molecule has 0 amide bonds. The Morgan fingerprint density at radius 2 is 2.07 bits per heavy atom. The van der Waals surface area contributed by atoms with Crippen LogP contribution in [0.2, 0.25) is 0 Å². The van der Waals surface area contributed by atoms with Crippen molar-refractivity contribution in [3.05, 3.63) is 28.8 Å². The standard InChI is InChI=1S/C11H16N5O8P3/c1-5-6(3-22-26(20)24-27(21)23-25(18)19)2-7(5)16-4-13-8-9(16)14-11(12)15-10(8)17/h4,6-7,18-21H,1-3H2,(H3,12,14,15,17). The number of nitrogens with two attached hydrogens (primary N) is 1. The Kier molecular flexibility index (Phi) is 6.50. The van der Waals surface area contributed by atoms with E-state index in [1.807, 2.05) is 0 Å². The lowest BCUT2D eigenvalue weighted by molar-refractivity contribution is 0.175. The minimum atomic E-state index is -2.80. The van der Waals surface area contributed by atoms with Gasteiger partial charge >= 0.3 is 25.8 Å². The first-order valence-corrected chi connectivity index (χ1v) is 10.7. The van der Waals surface area contributed by atoms with Gasteiger partial charge < -0.3 is 34.4 Å². The zero-order chi connectivity index (χ0) is 19.7. The minimum absolute atomic E-state index is 0.0145. The van der Waals surface area contributed by atoms with Gasteiger partial charge in [0, 0.05) is 5.92 Å². The Balaban J connectivity index is 1.56. The third kappa shape index (κ3) is 4.67. The summed E-state index contributed by atoms with van der Waals surface area (Å²) < 4.78 is 15.6. The van der Waals surface area contributed by atoms with E-state index in [0.29, 0.717) is 12.1 Å². The van der Waals surface area contributed by atoms with Gasteiger partial charge in [-0.15, -0.1) is 0 Å². The van der Waals surface area contributed by atoms with E-state index >= 15 is 0 Å². The molecule has 0 saturated heterocycles. The summed E-state index contributed by atoms with van der Waals surface area (Å²) in [6.07, 6.45) is 2.07. The van der Waals surface area contributed by atoms with Crippen LogP contribution < -0.4 is 11.3 Å². The second kappa shape index (κ2) is 8.50. The predicted molar refractivity (Wildman–Crippen MR) is 96.6 cm³/mol. The fraction of sp³-hybridized carbons (Fsp3) is 0.364. The fourth-order valence-electron chi connectivity index (χ4n) is 2.64. The highest BCUT2D eigenvalue weighted by Gasteiger charge is 2.37. The van der Waals surface area contributed by atoms with Crippen LogP contribution in [0.3, 0.4) is 0 Å². The molecule has 0 spiro atoms. The molecule has 4 unspecified atom stereocenters. The molecule has 2 aromatic heterocycles. The summed E-state index contributed by atoms with van der Waals surface area (Å²) in [4.78, 5) is 58.3. The average Bonchev–Trinajstić information content (AvgIpc) is 2.96. The molecule has 148 valence electrons. The van der Waals surface area contributed by atoms with Crippen LogP contribution in [0.1, 0.15) is 12.5 Å². The van der Waals surface area contributed by atoms with Crippen molar-refractivity contribution in [2.24, 2.45) is 5.92 Å². The summed E-state index contributed by atoms with van der Waals surface area (Å²) in [7, 11) is -7.92. The van der Waals surface area contributed by atoms with E-state index < -0.39 is 31.4 Å². The van der Waals surface area contributed by atoms with E-state index in [9.17, 15) is 14.6 Å². The van der Waals surface area contributed by atoms with Crippen LogP contribution in [-0.2, 0) is 13.1 Å². The van der Waals surface area contributed by atoms with Crippen molar-refractivity contribution in [2.45, 2.75) is 12.5 Å². The first kappa shape index (κ1) is 20.6. The van der Waals surface area contributed by atoms with Gasteiger partial charge in [-0.2, -0.15) is 4.98 Å². The van der Waals surface area contributed by atoms with Crippen LogP contribution in [0.15, 0.2) is 23.3 Å². The summed E-state index contributed by atoms with van der Waals surface area (Å²) in [6, 6.07) is -0.159.